The Morgan fingerprint density at radius 1 is 1.42 bits per heavy atom. The summed E-state index contributed by atoms with van der Waals surface area (Å²) in [4.78, 5) is 25.6. The molecule has 0 radical (unpaired) electrons. The van der Waals surface area contributed by atoms with Crippen LogP contribution in [0.1, 0.15) is 55.6 Å². The van der Waals surface area contributed by atoms with E-state index >= 15 is 0 Å². The predicted octanol–water partition coefficient (Wildman–Crippen LogP) is 3.41. The fourth-order valence-electron chi connectivity index (χ4n) is 3.50. The third-order valence-corrected chi connectivity index (χ3v) is 5.23. The summed E-state index contributed by atoms with van der Waals surface area (Å²) < 4.78 is 45.9. The van der Waals surface area contributed by atoms with Crippen LogP contribution in [0.2, 0.25) is 0 Å². The highest BCUT2D eigenvalue weighted by molar-refractivity contribution is 6.03. The number of amidine groups is 1. The molecule has 33 heavy (non-hydrogen) atoms. The van der Waals surface area contributed by atoms with Crippen LogP contribution in [0.4, 0.5) is 23.8 Å². The van der Waals surface area contributed by atoms with Crippen LogP contribution in [0.5, 0.6) is 0 Å². The Hall–Kier alpha value is -3.51. The fraction of sp³-hybridized carbons (Fsp3) is 0.500. The van der Waals surface area contributed by atoms with Gasteiger partial charge in [-0.25, -0.2) is 14.8 Å². The van der Waals surface area contributed by atoms with Crippen LogP contribution < -0.4 is 11.1 Å². The van der Waals surface area contributed by atoms with Crippen LogP contribution in [0.15, 0.2) is 26.7 Å². The first kappa shape index (κ1) is 24.1. The van der Waals surface area contributed by atoms with Crippen LogP contribution in [-0.2, 0) is 12.6 Å². The Bertz CT molecular complexity index is 1050. The molecule has 1 fully saturated rings. The minimum absolute atomic E-state index is 0.105. The number of anilines is 1. The number of halogens is 3. The van der Waals surface area contributed by atoms with Crippen molar-refractivity contribution in [3.63, 3.8) is 0 Å². The first-order valence-corrected chi connectivity index (χ1v) is 10.3. The van der Waals surface area contributed by atoms with Gasteiger partial charge in [0.05, 0.1) is 5.56 Å². The molecule has 178 valence electrons. The minimum Gasteiger partial charge on any atom is -0.423 e. The van der Waals surface area contributed by atoms with Crippen LogP contribution in [0, 0.1) is 5.92 Å². The number of likely N-dealkylation sites (tertiary alicyclic amines) is 1. The average molecular weight is 466 g/mol. The molecular weight excluding hydrogens is 441 g/mol. The number of aryl methyl sites for hydroxylation is 1. The van der Waals surface area contributed by atoms with E-state index in [4.69, 9.17) is 10.2 Å². The molecule has 0 aromatic carbocycles. The number of hydrogen-bond donors (Lipinski definition) is 2. The maximum atomic E-state index is 13.4. The van der Waals surface area contributed by atoms with Crippen molar-refractivity contribution in [3.8, 4) is 0 Å². The zero-order valence-corrected chi connectivity index (χ0v) is 18.4. The number of rotatable bonds is 5. The molecule has 1 unspecified atom stereocenters. The third-order valence-electron chi connectivity index (χ3n) is 5.23. The van der Waals surface area contributed by atoms with Crippen molar-refractivity contribution in [2.45, 2.75) is 45.3 Å². The van der Waals surface area contributed by atoms with Crippen LogP contribution in [0.25, 0.3) is 0 Å². The fourth-order valence-corrected chi connectivity index (χ4v) is 3.50. The maximum absolute atomic E-state index is 13.4. The Kier molecular flexibility index (Phi) is 7.29. The number of nitrogens with two attached hydrogens (primary N) is 1. The standard InChI is InChI=1S/C20H25F3N8O2/c1-4-16-29-30-18(33-16)14-7-11(2)5-6-31(14)19(32)28-15-8-12(17(24)27-10-25-3)13(9-26-15)20(21,22)23/h8-11,14H,4-7H2,1-3H3,(H2,24,25,27)(H,26,28,32)/t11-,14?/m0/s1. The van der Waals surface area contributed by atoms with Gasteiger partial charge in [-0.05, 0) is 24.8 Å². The van der Waals surface area contributed by atoms with Gasteiger partial charge in [0.15, 0.2) is 0 Å². The minimum atomic E-state index is -4.71. The lowest BCUT2D eigenvalue weighted by Crippen LogP contribution is -2.43. The molecule has 1 aliphatic heterocycles. The number of amides is 2. The molecule has 13 heteroatoms. The van der Waals surface area contributed by atoms with Gasteiger partial charge in [-0.15, -0.1) is 10.2 Å². The summed E-state index contributed by atoms with van der Waals surface area (Å²) in [6, 6.07) is 0.0295. The Labute approximate surface area is 188 Å². The van der Waals surface area contributed by atoms with Gasteiger partial charge in [-0.3, -0.25) is 10.3 Å². The van der Waals surface area contributed by atoms with Crippen molar-refractivity contribution in [1.82, 2.24) is 20.1 Å². The van der Waals surface area contributed by atoms with E-state index < -0.39 is 35.2 Å². The highest BCUT2D eigenvalue weighted by atomic mass is 19.4. The van der Waals surface area contributed by atoms with Crippen molar-refractivity contribution in [3.05, 3.63) is 35.2 Å². The van der Waals surface area contributed by atoms with Gasteiger partial charge in [-0.1, -0.05) is 13.8 Å². The van der Waals surface area contributed by atoms with E-state index in [0.717, 1.165) is 18.8 Å². The van der Waals surface area contributed by atoms with Gasteiger partial charge in [0.1, 0.15) is 24.0 Å². The van der Waals surface area contributed by atoms with Gasteiger partial charge in [0.25, 0.3) is 0 Å². The quantitative estimate of drug-likeness (QED) is 0.512. The Morgan fingerprint density at radius 3 is 2.82 bits per heavy atom. The van der Waals surface area contributed by atoms with E-state index in [1.165, 1.54) is 11.9 Å². The van der Waals surface area contributed by atoms with Crippen LogP contribution in [-0.4, -0.2) is 51.9 Å². The summed E-state index contributed by atoms with van der Waals surface area (Å²) in [5.41, 5.74) is 4.24. The number of aliphatic imine (C=N–C) groups is 2. The summed E-state index contributed by atoms with van der Waals surface area (Å²) in [6.45, 7) is 4.34. The molecule has 1 aliphatic rings. The van der Waals surface area contributed by atoms with E-state index in [1.807, 2.05) is 6.92 Å². The van der Waals surface area contributed by atoms with Crippen molar-refractivity contribution in [2.24, 2.45) is 21.6 Å². The maximum Gasteiger partial charge on any atom is 0.418 e. The molecule has 0 bridgehead atoms. The third kappa shape index (κ3) is 5.65. The monoisotopic (exact) mass is 466 g/mol. The number of aromatic nitrogens is 3. The first-order valence-electron chi connectivity index (χ1n) is 10.3. The van der Waals surface area contributed by atoms with E-state index in [2.05, 4.69) is 37.4 Å². The summed E-state index contributed by atoms with van der Waals surface area (Å²) in [7, 11) is 1.41. The summed E-state index contributed by atoms with van der Waals surface area (Å²) in [5, 5.41) is 10.6. The number of alkyl halides is 3. The normalized spacial score (nSPS) is 19.8. The number of piperidine rings is 1. The zero-order valence-electron chi connectivity index (χ0n) is 18.4. The van der Waals surface area contributed by atoms with Crippen LogP contribution >= 0.6 is 0 Å². The second-order valence-corrected chi connectivity index (χ2v) is 7.66. The van der Waals surface area contributed by atoms with Gasteiger partial charge in [0.2, 0.25) is 11.8 Å². The molecular formula is C20H25F3N8O2. The SMILES string of the molecule is CCc1nnc(C2C[C@@H](C)CCN2C(=O)Nc2cc(C(N)=NC=NC)c(C(F)(F)F)cn2)o1. The molecule has 2 aromatic rings. The van der Waals surface area contributed by atoms with Crippen LogP contribution in [0.3, 0.4) is 0 Å². The van der Waals surface area contributed by atoms with Crippen molar-refractivity contribution < 1.29 is 22.4 Å². The molecule has 2 amide bonds. The molecule has 2 atom stereocenters. The number of urea groups is 1. The van der Waals surface area contributed by atoms with Crippen molar-refractivity contribution in [2.75, 3.05) is 18.9 Å². The second-order valence-electron chi connectivity index (χ2n) is 7.66. The van der Waals surface area contributed by atoms with Crippen molar-refractivity contribution in [1.29, 1.82) is 0 Å². The van der Waals surface area contributed by atoms with E-state index in [9.17, 15) is 18.0 Å². The van der Waals surface area contributed by atoms with Gasteiger partial charge < -0.3 is 15.1 Å². The molecule has 0 spiro atoms. The van der Waals surface area contributed by atoms with E-state index in [1.54, 1.807) is 0 Å². The average Bonchev–Trinajstić information content (AvgIpc) is 3.25. The second kappa shape index (κ2) is 9.96. The number of hydrogen-bond acceptors (Lipinski definition) is 6. The lowest BCUT2D eigenvalue weighted by Gasteiger charge is -2.36. The first-order chi connectivity index (χ1) is 15.6. The molecule has 10 nitrogen and oxygen atoms in total. The highest BCUT2D eigenvalue weighted by Crippen LogP contribution is 2.35. The van der Waals surface area contributed by atoms with Crippen molar-refractivity contribution >= 4 is 24.0 Å². The lowest BCUT2D eigenvalue weighted by atomic mass is 9.92. The molecule has 3 rings (SSSR count). The highest BCUT2D eigenvalue weighted by Gasteiger charge is 2.37. The van der Waals surface area contributed by atoms with E-state index in [0.29, 0.717) is 43.3 Å². The lowest BCUT2D eigenvalue weighted by molar-refractivity contribution is -0.137. The van der Waals surface area contributed by atoms with E-state index in [-0.39, 0.29) is 5.82 Å². The smallest absolute Gasteiger partial charge is 0.418 e. The number of nitrogens with one attached hydrogen (secondary N) is 1. The molecule has 0 aliphatic carbocycles. The number of nitrogens with zero attached hydrogens (tertiary/aromatic N) is 6. The van der Waals surface area contributed by atoms with Gasteiger partial charge in [0, 0.05) is 31.8 Å². The molecule has 3 N–H and O–H groups in total. The summed E-state index contributed by atoms with van der Waals surface area (Å²) in [5.74, 6) is 0.594. The number of carbonyl (C=O) groups is 1. The molecule has 0 saturated carbocycles. The summed E-state index contributed by atoms with van der Waals surface area (Å²) in [6.07, 6.45) is -1.15. The molecule has 2 aromatic heterocycles. The predicted molar refractivity (Wildman–Crippen MR) is 115 cm³/mol. The number of carbonyl (C=O) groups excluding carboxylic acids is 1. The largest absolute Gasteiger partial charge is 0.423 e. The van der Waals surface area contributed by atoms with Gasteiger partial charge in [-0.2, -0.15) is 13.2 Å². The Balaban J connectivity index is 1.89. The van der Waals surface area contributed by atoms with Gasteiger partial charge >= 0.3 is 12.2 Å². The molecule has 1 saturated heterocycles. The Morgan fingerprint density at radius 2 is 2.18 bits per heavy atom. The number of pyridine rings is 1. The topological polar surface area (TPSA) is 135 Å². The molecule has 3 heterocycles. The zero-order chi connectivity index (χ0) is 24.2. The summed E-state index contributed by atoms with van der Waals surface area (Å²) >= 11 is 0.